The van der Waals surface area contributed by atoms with Crippen molar-refractivity contribution in [2.45, 2.75) is 18.8 Å². The quantitative estimate of drug-likeness (QED) is 0.460. The van der Waals surface area contributed by atoms with Crippen molar-refractivity contribution in [2.75, 3.05) is 13.1 Å². The summed E-state index contributed by atoms with van der Waals surface area (Å²) in [6.45, 7) is 0.637. The Morgan fingerprint density at radius 3 is 1.79 bits per heavy atom. The zero-order valence-electron chi connectivity index (χ0n) is 12.5. The van der Waals surface area contributed by atoms with E-state index in [0.717, 1.165) is 5.56 Å². The van der Waals surface area contributed by atoms with E-state index in [1.165, 1.54) is 5.06 Å². The standard InChI is InChI=1S/C17H14F5NO/c18-12-13(19)15(21)17(16(22)14(12)20)24-23-8-6-11(7-9-23)10-4-2-1-3-5-10/h1-5,11H,6-9H2. The zero-order valence-corrected chi connectivity index (χ0v) is 12.5. The Hall–Kier alpha value is -2.15. The molecule has 0 N–H and O–H groups in total. The van der Waals surface area contributed by atoms with Gasteiger partial charge in [0.1, 0.15) is 0 Å². The smallest absolute Gasteiger partial charge is 0.224 e. The molecular formula is C17H14F5NO. The van der Waals surface area contributed by atoms with Gasteiger partial charge in [-0.05, 0) is 24.3 Å². The summed E-state index contributed by atoms with van der Waals surface area (Å²) in [6.07, 6.45) is 1.30. The molecule has 1 saturated heterocycles. The number of rotatable bonds is 3. The van der Waals surface area contributed by atoms with Crippen LogP contribution >= 0.6 is 0 Å². The van der Waals surface area contributed by atoms with Gasteiger partial charge in [-0.25, -0.2) is 13.2 Å². The number of piperidine rings is 1. The molecule has 1 fully saturated rings. The third-order valence-corrected chi connectivity index (χ3v) is 4.11. The molecule has 2 aromatic carbocycles. The molecule has 0 amide bonds. The minimum atomic E-state index is -2.19. The van der Waals surface area contributed by atoms with Crippen LogP contribution in [-0.2, 0) is 0 Å². The molecule has 0 atom stereocenters. The third-order valence-electron chi connectivity index (χ3n) is 4.11. The molecular weight excluding hydrogens is 329 g/mol. The van der Waals surface area contributed by atoms with Gasteiger partial charge in [0.25, 0.3) is 0 Å². The maximum atomic E-state index is 13.6. The molecule has 2 nitrogen and oxygen atoms in total. The number of hydrogen-bond acceptors (Lipinski definition) is 2. The summed E-state index contributed by atoms with van der Waals surface area (Å²) in [7, 11) is 0. The zero-order chi connectivity index (χ0) is 17.3. The van der Waals surface area contributed by atoms with Gasteiger partial charge in [-0.1, -0.05) is 30.3 Å². The van der Waals surface area contributed by atoms with Crippen LogP contribution in [0.1, 0.15) is 24.3 Å². The van der Waals surface area contributed by atoms with E-state index in [1.807, 2.05) is 30.3 Å². The third kappa shape index (κ3) is 3.08. The molecule has 0 spiro atoms. The van der Waals surface area contributed by atoms with Crippen molar-refractivity contribution in [1.82, 2.24) is 5.06 Å². The first-order chi connectivity index (χ1) is 11.5. The first-order valence-electron chi connectivity index (χ1n) is 7.48. The van der Waals surface area contributed by atoms with Gasteiger partial charge in [0.15, 0.2) is 0 Å². The molecule has 2 aromatic rings. The highest BCUT2D eigenvalue weighted by Gasteiger charge is 2.30. The SMILES string of the molecule is Fc1c(F)c(F)c(ON2CCC(c3ccccc3)CC2)c(F)c1F. The van der Waals surface area contributed by atoms with E-state index in [-0.39, 0.29) is 5.92 Å². The second kappa shape index (κ2) is 6.76. The van der Waals surface area contributed by atoms with Crippen LogP contribution in [0.3, 0.4) is 0 Å². The van der Waals surface area contributed by atoms with Gasteiger partial charge in [0, 0.05) is 13.1 Å². The predicted octanol–water partition coefficient (Wildman–Crippen LogP) is 4.56. The van der Waals surface area contributed by atoms with Crippen molar-refractivity contribution in [3.63, 3.8) is 0 Å². The highest BCUT2D eigenvalue weighted by atomic mass is 19.2. The summed E-state index contributed by atoms with van der Waals surface area (Å²) in [4.78, 5) is 4.95. The summed E-state index contributed by atoms with van der Waals surface area (Å²) >= 11 is 0. The van der Waals surface area contributed by atoms with Crippen LogP contribution in [0.5, 0.6) is 5.75 Å². The van der Waals surface area contributed by atoms with E-state index in [2.05, 4.69) is 0 Å². The summed E-state index contributed by atoms with van der Waals surface area (Å²) in [6, 6.07) is 9.74. The minimum absolute atomic E-state index is 0.266. The normalized spacial score (nSPS) is 16.4. The number of hydroxylamine groups is 2. The second-order valence-corrected chi connectivity index (χ2v) is 5.60. The Balaban J connectivity index is 1.71. The van der Waals surface area contributed by atoms with Crippen molar-refractivity contribution < 1.29 is 26.8 Å². The van der Waals surface area contributed by atoms with Crippen LogP contribution in [0, 0.1) is 29.1 Å². The fourth-order valence-corrected chi connectivity index (χ4v) is 2.80. The lowest BCUT2D eigenvalue weighted by Gasteiger charge is -2.31. The molecule has 7 heteroatoms. The molecule has 0 aliphatic carbocycles. The van der Waals surface area contributed by atoms with Gasteiger partial charge < -0.3 is 4.84 Å². The van der Waals surface area contributed by atoms with Crippen LogP contribution in [0.2, 0.25) is 0 Å². The Bertz CT molecular complexity index is 701. The fraction of sp³-hybridized carbons (Fsp3) is 0.294. The topological polar surface area (TPSA) is 12.5 Å². The lowest BCUT2D eigenvalue weighted by atomic mass is 9.90. The maximum absolute atomic E-state index is 13.6. The molecule has 1 heterocycles. The van der Waals surface area contributed by atoms with E-state index in [9.17, 15) is 22.0 Å². The highest BCUT2D eigenvalue weighted by Crippen LogP contribution is 2.32. The van der Waals surface area contributed by atoms with E-state index in [4.69, 9.17) is 4.84 Å². The van der Waals surface area contributed by atoms with Crippen molar-refractivity contribution in [3.05, 3.63) is 65.0 Å². The maximum Gasteiger partial charge on any atom is 0.224 e. The molecule has 0 aromatic heterocycles. The molecule has 128 valence electrons. The van der Waals surface area contributed by atoms with Crippen LogP contribution in [0.15, 0.2) is 30.3 Å². The van der Waals surface area contributed by atoms with Gasteiger partial charge in [0.05, 0.1) is 0 Å². The first-order valence-corrected chi connectivity index (χ1v) is 7.48. The van der Waals surface area contributed by atoms with Crippen LogP contribution in [0.25, 0.3) is 0 Å². The number of benzene rings is 2. The minimum Gasteiger partial charge on any atom is -0.399 e. The molecule has 1 aliphatic heterocycles. The Kier molecular flexibility index (Phi) is 4.71. The van der Waals surface area contributed by atoms with Crippen LogP contribution in [-0.4, -0.2) is 18.2 Å². The van der Waals surface area contributed by atoms with Crippen LogP contribution < -0.4 is 4.84 Å². The molecule has 0 saturated carbocycles. The lowest BCUT2D eigenvalue weighted by molar-refractivity contribution is -0.0823. The fourth-order valence-electron chi connectivity index (χ4n) is 2.80. The average molecular weight is 343 g/mol. The highest BCUT2D eigenvalue weighted by molar-refractivity contribution is 5.29. The summed E-state index contributed by atoms with van der Waals surface area (Å²) < 4.78 is 66.6. The molecule has 24 heavy (non-hydrogen) atoms. The van der Waals surface area contributed by atoms with Gasteiger partial charge in [0.2, 0.25) is 34.8 Å². The van der Waals surface area contributed by atoms with Crippen molar-refractivity contribution in [3.8, 4) is 5.75 Å². The first kappa shape index (κ1) is 16.7. The predicted molar refractivity (Wildman–Crippen MR) is 76.9 cm³/mol. The molecule has 1 aliphatic rings. The molecule has 0 unspecified atom stereocenters. The van der Waals surface area contributed by atoms with Crippen molar-refractivity contribution in [2.24, 2.45) is 0 Å². The van der Waals surface area contributed by atoms with Gasteiger partial charge >= 0.3 is 0 Å². The van der Waals surface area contributed by atoms with E-state index < -0.39 is 34.8 Å². The molecule has 0 bridgehead atoms. The summed E-state index contributed by atoms with van der Waals surface area (Å²) in [5.41, 5.74) is 1.15. The van der Waals surface area contributed by atoms with E-state index in [1.54, 1.807) is 0 Å². The number of halogens is 5. The Morgan fingerprint density at radius 2 is 1.25 bits per heavy atom. The monoisotopic (exact) mass is 343 g/mol. The Morgan fingerprint density at radius 1 is 0.750 bits per heavy atom. The Labute approximate surface area is 135 Å². The van der Waals surface area contributed by atoms with Crippen molar-refractivity contribution >= 4 is 0 Å². The van der Waals surface area contributed by atoms with E-state index in [0.29, 0.717) is 25.9 Å². The largest absolute Gasteiger partial charge is 0.399 e. The van der Waals surface area contributed by atoms with E-state index >= 15 is 0 Å². The molecule has 3 rings (SSSR count). The summed E-state index contributed by atoms with van der Waals surface area (Å²) in [5.74, 6) is -11.1. The lowest BCUT2D eigenvalue weighted by Crippen LogP contribution is -2.36. The van der Waals surface area contributed by atoms with Gasteiger partial charge in [-0.3, -0.25) is 0 Å². The average Bonchev–Trinajstić information content (AvgIpc) is 2.63. The van der Waals surface area contributed by atoms with Gasteiger partial charge in [-0.15, -0.1) is 5.06 Å². The van der Waals surface area contributed by atoms with Crippen molar-refractivity contribution in [1.29, 1.82) is 0 Å². The number of hydrogen-bond donors (Lipinski definition) is 0. The van der Waals surface area contributed by atoms with Crippen LogP contribution in [0.4, 0.5) is 22.0 Å². The molecule has 0 radical (unpaired) electrons. The van der Waals surface area contributed by atoms with Gasteiger partial charge in [-0.2, -0.15) is 8.78 Å². The summed E-state index contributed by atoms with van der Waals surface area (Å²) in [5, 5.41) is 1.22. The number of nitrogens with zero attached hydrogens (tertiary/aromatic N) is 1. The second-order valence-electron chi connectivity index (χ2n) is 5.60.